The fraction of sp³-hybridized carbons (Fsp3) is 0. The van der Waals surface area contributed by atoms with Gasteiger partial charge in [-0.15, -0.1) is 0 Å². The van der Waals surface area contributed by atoms with E-state index in [9.17, 15) is 0 Å². The molecule has 0 saturated heterocycles. The molecule has 72 heavy (non-hydrogen) atoms. The van der Waals surface area contributed by atoms with Crippen molar-refractivity contribution in [3.05, 3.63) is 261 Å². The van der Waals surface area contributed by atoms with Crippen molar-refractivity contribution in [2.24, 2.45) is 0 Å². The van der Waals surface area contributed by atoms with Gasteiger partial charge in [0, 0.05) is 43.9 Å². The number of aromatic nitrogens is 5. The summed E-state index contributed by atoms with van der Waals surface area (Å²) in [5.41, 5.74) is 16.5. The third-order valence-electron chi connectivity index (χ3n) is 14.2. The van der Waals surface area contributed by atoms with Crippen LogP contribution in [0.15, 0.2) is 261 Å². The zero-order valence-electron chi connectivity index (χ0n) is 39.1. The number of benzene rings is 11. The molecule has 0 atom stereocenters. The first-order valence-electron chi connectivity index (χ1n) is 24.4. The molecule has 0 unspecified atom stereocenters. The standard InChI is InChI=1S/C67H43N5/c1-3-15-44(16-4-1)47-29-31-48(32-30-47)49-33-36-50(37-34-49)65-68-66(53-38-35-46-19-7-8-20-51(46)41-53)70-67(69-65)54-39-40-62-59(43-54)57-24-10-12-27-61(57)72(62)63-28-14-25-58-56-23-9-11-26-60(56)71(64(58)63)55-22-13-21-52(42-55)45-17-5-2-6-18-45/h1-43H. The van der Waals surface area contributed by atoms with Crippen molar-refractivity contribution in [3.63, 3.8) is 0 Å². The molecule has 0 amide bonds. The number of para-hydroxylation sites is 3. The van der Waals surface area contributed by atoms with E-state index in [1.165, 1.54) is 38.4 Å². The summed E-state index contributed by atoms with van der Waals surface area (Å²) in [6, 6.07) is 93.0. The summed E-state index contributed by atoms with van der Waals surface area (Å²) in [5, 5.41) is 6.98. The van der Waals surface area contributed by atoms with Gasteiger partial charge in [0.2, 0.25) is 0 Å². The van der Waals surface area contributed by atoms with E-state index in [1.54, 1.807) is 0 Å². The predicted molar refractivity (Wildman–Crippen MR) is 299 cm³/mol. The zero-order valence-corrected chi connectivity index (χ0v) is 39.1. The Kier molecular flexibility index (Phi) is 9.78. The molecule has 336 valence electrons. The van der Waals surface area contributed by atoms with E-state index in [0.29, 0.717) is 17.5 Å². The maximum Gasteiger partial charge on any atom is 0.164 e. The van der Waals surface area contributed by atoms with Crippen molar-refractivity contribution in [2.75, 3.05) is 0 Å². The van der Waals surface area contributed by atoms with Gasteiger partial charge in [0.15, 0.2) is 17.5 Å². The van der Waals surface area contributed by atoms with E-state index in [1.807, 2.05) is 6.07 Å². The van der Waals surface area contributed by atoms with E-state index < -0.39 is 0 Å². The molecule has 0 radical (unpaired) electrons. The Balaban J connectivity index is 0.919. The fourth-order valence-corrected chi connectivity index (χ4v) is 10.7. The maximum atomic E-state index is 5.27. The zero-order chi connectivity index (χ0) is 47.5. The highest BCUT2D eigenvalue weighted by molar-refractivity contribution is 6.15. The lowest BCUT2D eigenvalue weighted by Gasteiger charge is -2.15. The number of fused-ring (bicyclic) bond motifs is 7. The first-order valence-corrected chi connectivity index (χ1v) is 24.4. The van der Waals surface area contributed by atoms with Crippen LogP contribution in [0.25, 0.3) is 133 Å². The molecule has 11 aromatic carbocycles. The fourth-order valence-electron chi connectivity index (χ4n) is 10.7. The molecule has 5 heteroatoms. The van der Waals surface area contributed by atoms with Gasteiger partial charge in [-0.1, -0.05) is 206 Å². The molecule has 3 aromatic heterocycles. The molecule has 0 aliphatic carbocycles. The number of nitrogens with zero attached hydrogens (tertiary/aromatic N) is 5. The van der Waals surface area contributed by atoms with Crippen LogP contribution in [0.2, 0.25) is 0 Å². The van der Waals surface area contributed by atoms with E-state index in [4.69, 9.17) is 15.0 Å². The lowest BCUT2D eigenvalue weighted by Crippen LogP contribution is -2.01. The Morgan fingerprint density at radius 3 is 1.36 bits per heavy atom. The Morgan fingerprint density at radius 1 is 0.236 bits per heavy atom. The monoisotopic (exact) mass is 917 g/mol. The molecule has 14 rings (SSSR count). The highest BCUT2D eigenvalue weighted by atomic mass is 15.1. The van der Waals surface area contributed by atoms with Crippen molar-refractivity contribution in [1.29, 1.82) is 0 Å². The molecule has 0 saturated carbocycles. The van der Waals surface area contributed by atoms with E-state index in [0.717, 1.165) is 77.4 Å². The highest BCUT2D eigenvalue weighted by Crippen LogP contribution is 2.41. The molecule has 0 fully saturated rings. The van der Waals surface area contributed by atoms with Crippen LogP contribution in [0.1, 0.15) is 0 Å². The van der Waals surface area contributed by atoms with Crippen LogP contribution in [0.3, 0.4) is 0 Å². The molecule has 0 aliphatic rings. The van der Waals surface area contributed by atoms with Crippen LogP contribution in [-0.4, -0.2) is 24.1 Å². The maximum absolute atomic E-state index is 5.27. The number of hydrogen-bond donors (Lipinski definition) is 0. The molecular formula is C67H43N5. The van der Waals surface area contributed by atoms with Gasteiger partial charge >= 0.3 is 0 Å². The van der Waals surface area contributed by atoms with Gasteiger partial charge in [-0.2, -0.15) is 0 Å². The predicted octanol–water partition coefficient (Wildman–Crippen LogP) is 17.2. The van der Waals surface area contributed by atoms with Crippen molar-refractivity contribution >= 4 is 54.4 Å². The Labute approximate surface area is 416 Å². The second kappa shape index (κ2) is 17.1. The molecule has 0 aliphatic heterocycles. The summed E-state index contributed by atoms with van der Waals surface area (Å²) in [7, 11) is 0. The average molecular weight is 918 g/mol. The van der Waals surface area contributed by atoms with Crippen LogP contribution in [0.4, 0.5) is 0 Å². The van der Waals surface area contributed by atoms with Gasteiger partial charge in [0.1, 0.15) is 0 Å². The molecule has 0 spiro atoms. The Morgan fingerprint density at radius 2 is 0.681 bits per heavy atom. The van der Waals surface area contributed by atoms with Gasteiger partial charge in [-0.3, -0.25) is 0 Å². The van der Waals surface area contributed by atoms with E-state index >= 15 is 0 Å². The third-order valence-corrected chi connectivity index (χ3v) is 14.2. The lowest BCUT2D eigenvalue weighted by atomic mass is 9.99. The summed E-state index contributed by atoms with van der Waals surface area (Å²) < 4.78 is 4.87. The van der Waals surface area contributed by atoms with Gasteiger partial charge in [-0.05, 0) is 98.8 Å². The highest BCUT2D eigenvalue weighted by Gasteiger charge is 2.22. The molecule has 5 nitrogen and oxygen atoms in total. The lowest BCUT2D eigenvalue weighted by molar-refractivity contribution is 1.07. The van der Waals surface area contributed by atoms with Crippen molar-refractivity contribution in [3.8, 4) is 78.9 Å². The largest absolute Gasteiger partial charge is 0.307 e. The number of rotatable bonds is 8. The molecular weight excluding hydrogens is 875 g/mol. The van der Waals surface area contributed by atoms with Crippen LogP contribution >= 0.6 is 0 Å². The van der Waals surface area contributed by atoms with Crippen molar-refractivity contribution < 1.29 is 0 Å². The molecule has 3 heterocycles. The van der Waals surface area contributed by atoms with E-state index in [-0.39, 0.29) is 0 Å². The quantitative estimate of drug-likeness (QED) is 0.153. The van der Waals surface area contributed by atoms with E-state index in [2.05, 4.69) is 264 Å². The molecule has 0 bridgehead atoms. The second-order valence-electron chi connectivity index (χ2n) is 18.4. The van der Waals surface area contributed by atoms with Crippen molar-refractivity contribution in [1.82, 2.24) is 24.1 Å². The summed E-state index contributed by atoms with van der Waals surface area (Å²) in [4.78, 5) is 15.7. The van der Waals surface area contributed by atoms with Crippen LogP contribution in [0.5, 0.6) is 0 Å². The normalized spacial score (nSPS) is 11.6. The topological polar surface area (TPSA) is 48.5 Å². The Hall–Kier alpha value is -9.71. The summed E-state index contributed by atoms with van der Waals surface area (Å²) in [5.74, 6) is 1.86. The first-order chi connectivity index (χ1) is 35.7. The Bertz CT molecular complexity index is 4360. The van der Waals surface area contributed by atoms with Gasteiger partial charge < -0.3 is 9.13 Å². The summed E-state index contributed by atoms with van der Waals surface area (Å²) in [6.45, 7) is 0. The van der Waals surface area contributed by atoms with Gasteiger partial charge in [-0.25, -0.2) is 15.0 Å². The average Bonchev–Trinajstić information content (AvgIpc) is 3.98. The number of hydrogen-bond acceptors (Lipinski definition) is 3. The smallest absolute Gasteiger partial charge is 0.164 e. The summed E-state index contributed by atoms with van der Waals surface area (Å²) in [6.07, 6.45) is 0. The molecule has 14 aromatic rings. The van der Waals surface area contributed by atoms with Gasteiger partial charge in [0.05, 0.1) is 27.8 Å². The second-order valence-corrected chi connectivity index (χ2v) is 18.4. The van der Waals surface area contributed by atoms with Crippen LogP contribution in [-0.2, 0) is 0 Å². The third kappa shape index (κ3) is 7.06. The summed E-state index contributed by atoms with van der Waals surface area (Å²) >= 11 is 0. The van der Waals surface area contributed by atoms with Crippen LogP contribution in [0, 0.1) is 0 Å². The minimum absolute atomic E-state index is 0.614. The molecule has 0 N–H and O–H groups in total. The van der Waals surface area contributed by atoms with Gasteiger partial charge in [0.25, 0.3) is 0 Å². The first kappa shape index (κ1) is 41.3. The van der Waals surface area contributed by atoms with Crippen LogP contribution < -0.4 is 0 Å². The SMILES string of the molecule is c1ccc(-c2ccc(-c3ccc(-c4nc(-c5ccc6ccccc6c5)nc(-c5ccc6c(c5)c5ccccc5n6-c5cccc6c7ccccc7n(-c7cccc(-c8ccccc8)c7)c56)n4)cc3)cc2)cc1. The minimum atomic E-state index is 0.614. The minimum Gasteiger partial charge on any atom is -0.307 e. The van der Waals surface area contributed by atoms with Crippen molar-refractivity contribution in [2.45, 2.75) is 0 Å².